The Bertz CT molecular complexity index is 765. The first-order valence-corrected chi connectivity index (χ1v) is 7.99. The summed E-state index contributed by atoms with van der Waals surface area (Å²) < 4.78 is 29.1. The molecular formula is C19H20FNO4. The number of nitrogens with zero attached hydrogens (tertiary/aromatic N) is 1. The molecule has 132 valence electrons. The summed E-state index contributed by atoms with van der Waals surface area (Å²) in [7, 11) is 3.17. The van der Waals surface area contributed by atoms with Gasteiger partial charge in [0, 0.05) is 6.54 Å². The van der Waals surface area contributed by atoms with E-state index in [9.17, 15) is 9.18 Å². The highest BCUT2D eigenvalue weighted by Gasteiger charge is 2.33. The standard InChI is InChI=1S/C19H20FNO4/c1-23-17-7-6-13(10-18(17)24-2)9-16-12-25-19(22)21(16)11-14-4-3-5-15(20)8-14/h3-8,10,16H,9,11-12H2,1-2H3. The molecule has 0 radical (unpaired) electrons. The third-order valence-corrected chi connectivity index (χ3v) is 4.24. The SMILES string of the molecule is COc1ccc(CC2COC(=O)N2Cc2cccc(F)c2)cc1OC. The van der Waals surface area contributed by atoms with E-state index >= 15 is 0 Å². The van der Waals surface area contributed by atoms with Gasteiger partial charge in [0.15, 0.2) is 11.5 Å². The molecule has 6 heteroatoms. The van der Waals surface area contributed by atoms with Crippen LogP contribution in [0.15, 0.2) is 42.5 Å². The minimum atomic E-state index is -0.380. The largest absolute Gasteiger partial charge is 0.493 e. The molecule has 0 saturated carbocycles. The van der Waals surface area contributed by atoms with Crippen LogP contribution in [0.5, 0.6) is 11.5 Å². The molecule has 1 saturated heterocycles. The van der Waals surface area contributed by atoms with Crippen LogP contribution >= 0.6 is 0 Å². The fraction of sp³-hybridized carbons (Fsp3) is 0.316. The van der Waals surface area contributed by atoms with Crippen LogP contribution in [-0.4, -0.2) is 37.9 Å². The molecule has 2 aromatic rings. The van der Waals surface area contributed by atoms with Gasteiger partial charge in [0.05, 0.1) is 20.3 Å². The predicted molar refractivity (Wildman–Crippen MR) is 90.3 cm³/mol. The summed E-state index contributed by atoms with van der Waals surface area (Å²) in [6.45, 7) is 0.622. The van der Waals surface area contributed by atoms with Crippen LogP contribution in [0.4, 0.5) is 9.18 Å². The lowest BCUT2D eigenvalue weighted by atomic mass is 10.0. The molecule has 0 N–H and O–H groups in total. The molecule has 0 aromatic heterocycles. The number of amides is 1. The quantitative estimate of drug-likeness (QED) is 0.805. The van der Waals surface area contributed by atoms with E-state index in [1.54, 1.807) is 31.3 Å². The van der Waals surface area contributed by atoms with E-state index in [0.29, 0.717) is 31.1 Å². The maximum Gasteiger partial charge on any atom is 0.410 e. The summed E-state index contributed by atoms with van der Waals surface area (Å²) >= 11 is 0. The molecule has 0 aliphatic carbocycles. The summed E-state index contributed by atoms with van der Waals surface area (Å²) in [5.74, 6) is 0.977. The molecule has 1 unspecified atom stereocenters. The van der Waals surface area contributed by atoms with E-state index in [2.05, 4.69) is 0 Å². The first-order valence-electron chi connectivity index (χ1n) is 7.99. The lowest BCUT2D eigenvalue weighted by molar-refractivity contribution is 0.156. The molecule has 0 spiro atoms. The molecular weight excluding hydrogens is 325 g/mol. The minimum Gasteiger partial charge on any atom is -0.493 e. The fourth-order valence-electron chi connectivity index (χ4n) is 2.96. The summed E-state index contributed by atoms with van der Waals surface area (Å²) in [6, 6.07) is 11.8. The molecule has 1 fully saturated rings. The number of cyclic esters (lactones) is 1. The van der Waals surface area contributed by atoms with Crippen LogP contribution in [0, 0.1) is 5.82 Å². The topological polar surface area (TPSA) is 48.0 Å². The summed E-state index contributed by atoms with van der Waals surface area (Å²) in [6.07, 6.45) is 0.233. The molecule has 1 atom stereocenters. The summed E-state index contributed by atoms with van der Waals surface area (Å²) in [4.78, 5) is 13.7. The van der Waals surface area contributed by atoms with Crippen LogP contribution in [0.1, 0.15) is 11.1 Å². The zero-order valence-electron chi connectivity index (χ0n) is 14.2. The van der Waals surface area contributed by atoms with Crippen molar-refractivity contribution in [1.82, 2.24) is 4.90 Å². The van der Waals surface area contributed by atoms with Crippen molar-refractivity contribution >= 4 is 6.09 Å². The van der Waals surface area contributed by atoms with Crippen molar-refractivity contribution in [2.24, 2.45) is 0 Å². The molecule has 5 nitrogen and oxygen atoms in total. The van der Waals surface area contributed by atoms with Gasteiger partial charge in [-0.3, -0.25) is 4.90 Å². The van der Waals surface area contributed by atoms with E-state index in [1.807, 2.05) is 18.2 Å². The van der Waals surface area contributed by atoms with E-state index < -0.39 is 0 Å². The van der Waals surface area contributed by atoms with Gasteiger partial charge in [-0.05, 0) is 41.8 Å². The second kappa shape index (κ2) is 7.42. The van der Waals surface area contributed by atoms with Gasteiger partial charge in [0.25, 0.3) is 0 Å². The number of ether oxygens (including phenoxy) is 3. The van der Waals surface area contributed by atoms with Gasteiger partial charge in [0.1, 0.15) is 12.4 Å². The number of halogens is 1. The van der Waals surface area contributed by atoms with Crippen molar-refractivity contribution < 1.29 is 23.4 Å². The zero-order valence-corrected chi connectivity index (χ0v) is 14.2. The van der Waals surface area contributed by atoms with Gasteiger partial charge in [-0.2, -0.15) is 0 Å². The Labute approximate surface area is 145 Å². The summed E-state index contributed by atoms with van der Waals surface area (Å²) in [5.41, 5.74) is 1.74. The highest BCUT2D eigenvalue weighted by Crippen LogP contribution is 2.29. The second-order valence-electron chi connectivity index (χ2n) is 5.88. The van der Waals surface area contributed by atoms with Crippen LogP contribution in [0.2, 0.25) is 0 Å². The number of rotatable bonds is 6. The van der Waals surface area contributed by atoms with Gasteiger partial charge >= 0.3 is 6.09 Å². The average molecular weight is 345 g/mol. The smallest absolute Gasteiger partial charge is 0.410 e. The Kier molecular flexibility index (Phi) is 5.07. The number of methoxy groups -OCH3 is 2. The van der Waals surface area contributed by atoms with Crippen molar-refractivity contribution in [1.29, 1.82) is 0 Å². The first-order chi connectivity index (χ1) is 12.1. The number of carbonyl (C=O) groups is 1. The van der Waals surface area contributed by atoms with Gasteiger partial charge in [-0.25, -0.2) is 9.18 Å². The van der Waals surface area contributed by atoms with E-state index in [0.717, 1.165) is 11.1 Å². The predicted octanol–water partition coefficient (Wildman–Crippen LogP) is 3.41. The van der Waals surface area contributed by atoms with Crippen LogP contribution in [-0.2, 0) is 17.7 Å². The fourth-order valence-corrected chi connectivity index (χ4v) is 2.96. The number of hydrogen-bond acceptors (Lipinski definition) is 4. The molecule has 3 rings (SSSR count). The molecule has 1 aliphatic rings. The number of carbonyl (C=O) groups excluding carboxylic acids is 1. The van der Waals surface area contributed by atoms with E-state index in [4.69, 9.17) is 14.2 Å². The Morgan fingerprint density at radius 2 is 1.92 bits per heavy atom. The third-order valence-electron chi connectivity index (χ3n) is 4.24. The van der Waals surface area contributed by atoms with Gasteiger partial charge in [-0.15, -0.1) is 0 Å². The van der Waals surface area contributed by atoms with Crippen LogP contribution in [0.25, 0.3) is 0 Å². The minimum absolute atomic E-state index is 0.117. The highest BCUT2D eigenvalue weighted by molar-refractivity contribution is 5.70. The Morgan fingerprint density at radius 1 is 1.12 bits per heavy atom. The Balaban J connectivity index is 1.75. The van der Waals surface area contributed by atoms with Crippen molar-refractivity contribution in [3.63, 3.8) is 0 Å². The molecule has 1 heterocycles. The van der Waals surface area contributed by atoms with Crippen molar-refractivity contribution in [2.45, 2.75) is 19.0 Å². The zero-order chi connectivity index (χ0) is 17.8. The van der Waals surface area contributed by atoms with Crippen LogP contribution < -0.4 is 9.47 Å². The van der Waals surface area contributed by atoms with Crippen molar-refractivity contribution in [3.8, 4) is 11.5 Å². The Morgan fingerprint density at radius 3 is 2.64 bits per heavy atom. The molecule has 2 aromatic carbocycles. The molecule has 1 amide bonds. The van der Waals surface area contributed by atoms with E-state index in [-0.39, 0.29) is 18.0 Å². The third kappa shape index (κ3) is 3.84. The lowest BCUT2D eigenvalue weighted by Crippen LogP contribution is -2.34. The Hall–Kier alpha value is -2.76. The maximum absolute atomic E-state index is 13.4. The normalized spacial score (nSPS) is 16.7. The van der Waals surface area contributed by atoms with Crippen LogP contribution in [0.3, 0.4) is 0 Å². The van der Waals surface area contributed by atoms with Crippen molar-refractivity contribution in [3.05, 3.63) is 59.4 Å². The number of benzene rings is 2. The van der Waals surface area contributed by atoms with E-state index in [1.165, 1.54) is 12.1 Å². The molecule has 25 heavy (non-hydrogen) atoms. The molecule has 0 bridgehead atoms. The lowest BCUT2D eigenvalue weighted by Gasteiger charge is -2.22. The average Bonchev–Trinajstić information content (AvgIpc) is 2.95. The van der Waals surface area contributed by atoms with Gasteiger partial charge in [-0.1, -0.05) is 18.2 Å². The monoisotopic (exact) mass is 345 g/mol. The maximum atomic E-state index is 13.4. The molecule has 1 aliphatic heterocycles. The summed E-state index contributed by atoms with van der Waals surface area (Å²) in [5, 5.41) is 0. The van der Waals surface area contributed by atoms with Gasteiger partial charge < -0.3 is 14.2 Å². The van der Waals surface area contributed by atoms with Gasteiger partial charge in [0.2, 0.25) is 0 Å². The highest BCUT2D eigenvalue weighted by atomic mass is 19.1. The van der Waals surface area contributed by atoms with Crippen molar-refractivity contribution in [2.75, 3.05) is 20.8 Å². The second-order valence-corrected chi connectivity index (χ2v) is 5.88. The number of hydrogen-bond donors (Lipinski definition) is 0. The first kappa shape index (κ1) is 17.1.